The van der Waals surface area contributed by atoms with E-state index in [1.165, 1.54) is 12.1 Å². The van der Waals surface area contributed by atoms with Crippen LogP contribution in [-0.2, 0) is 10.0 Å². The zero-order chi connectivity index (χ0) is 14.9. The second-order valence-corrected chi connectivity index (χ2v) is 8.19. The molecule has 110 valence electrons. The Morgan fingerprint density at radius 1 is 1.45 bits per heavy atom. The molecule has 8 heteroatoms. The molecule has 0 bridgehead atoms. The molecule has 0 amide bonds. The monoisotopic (exact) mass is 396 g/mol. The molecule has 0 heterocycles. The molecule has 2 atom stereocenters. The zero-order valence-corrected chi connectivity index (χ0v) is 14.4. The van der Waals surface area contributed by atoms with Gasteiger partial charge in [-0.05, 0) is 47.0 Å². The van der Waals surface area contributed by atoms with Crippen molar-refractivity contribution < 1.29 is 8.42 Å². The largest absolute Gasteiger partial charge is 0.393 e. The summed E-state index contributed by atoms with van der Waals surface area (Å²) in [6.45, 7) is 0. The maximum atomic E-state index is 12.4. The van der Waals surface area contributed by atoms with Gasteiger partial charge in [-0.3, -0.25) is 0 Å². The fraction of sp³-hybridized carbons (Fsp3) is 0.417. The summed E-state index contributed by atoms with van der Waals surface area (Å²) in [5, 5.41) is 0.464. The van der Waals surface area contributed by atoms with Crippen molar-refractivity contribution in [2.75, 3.05) is 0 Å². The molecule has 0 saturated heterocycles. The number of sulfonamides is 1. The van der Waals surface area contributed by atoms with E-state index in [0.717, 1.165) is 19.3 Å². The van der Waals surface area contributed by atoms with E-state index in [-0.39, 0.29) is 16.9 Å². The van der Waals surface area contributed by atoms with E-state index in [2.05, 4.69) is 20.7 Å². The molecular weight excluding hydrogens is 384 g/mol. The van der Waals surface area contributed by atoms with E-state index in [4.69, 9.17) is 29.6 Å². The third-order valence-corrected chi connectivity index (χ3v) is 6.39. The smallest absolute Gasteiger partial charge is 0.240 e. The molecule has 0 spiro atoms. The number of hydrogen-bond acceptors (Lipinski definition) is 3. The lowest BCUT2D eigenvalue weighted by atomic mass is 10.1. The number of thiocarbonyl (C=S) groups is 1. The maximum Gasteiger partial charge on any atom is 0.240 e. The van der Waals surface area contributed by atoms with Crippen LogP contribution in [0.25, 0.3) is 0 Å². The number of hydrogen-bond donors (Lipinski definition) is 2. The van der Waals surface area contributed by atoms with Gasteiger partial charge in [0, 0.05) is 16.4 Å². The first-order valence-corrected chi connectivity index (χ1v) is 9.14. The Morgan fingerprint density at radius 2 is 2.15 bits per heavy atom. The fourth-order valence-electron chi connectivity index (χ4n) is 2.35. The Hall–Kier alpha value is -0.210. The summed E-state index contributed by atoms with van der Waals surface area (Å²) >= 11 is 14.1. The lowest BCUT2D eigenvalue weighted by Crippen LogP contribution is -2.41. The third-order valence-electron chi connectivity index (χ3n) is 3.39. The molecule has 1 fully saturated rings. The number of nitrogens with one attached hydrogen (secondary N) is 1. The van der Waals surface area contributed by atoms with Gasteiger partial charge < -0.3 is 5.73 Å². The lowest BCUT2D eigenvalue weighted by molar-refractivity contribution is 0.525. The van der Waals surface area contributed by atoms with Gasteiger partial charge in [0.05, 0.1) is 14.9 Å². The molecule has 1 aliphatic carbocycles. The van der Waals surface area contributed by atoms with E-state index in [0.29, 0.717) is 14.5 Å². The fourth-order valence-corrected chi connectivity index (χ4v) is 4.62. The number of rotatable bonds is 4. The predicted molar refractivity (Wildman–Crippen MR) is 87.4 cm³/mol. The van der Waals surface area contributed by atoms with Crippen LogP contribution in [0.5, 0.6) is 0 Å². The molecule has 3 N–H and O–H groups in total. The van der Waals surface area contributed by atoms with Gasteiger partial charge in [-0.15, -0.1) is 0 Å². The molecular formula is C12H14BrClN2O2S2. The molecule has 1 saturated carbocycles. The second-order valence-electron chi connectivity index (χ2n) is 4.74. The highest BCUT2D eigenvalue weighted by Gasteiger charge is 2.33. The molecule has 2 rings (SSSR count). The van der Waals surface area contributed by atoms with Crippen LogP contribution in [0.2, 0.25) is 5.02 Å². The number of benzene rings is 1. The minimum atomic E-state index is -3.60. The molecule has 0 radical (unpaired) electrons. The molecule has 2 unspecified atom stereocenters. The van der Waals surface area contributed by atoms with E-state index in [1.807, 2.05) is 0 Å². The van der Waals surface area contributed by atoms with Gasteiger partial charge in [-0.25, -0.2) is 13.1 Å². The maximum absolute atomic E-state index is 12.4. The van der Waals surface area contributed by atoms with Crippen molar-refractivity contribution in [3.63, 3.8) is 0 Å². The minimum absolute atomic E-state index is 0.0736. The second kappa shape index (κ2) is 6.27. The van der Waals surface area contributed by atoms with Crippen LogP contribution in [0.1, 0.15) is 19.3 Å². The van der Waals surface area contributed by atoms with Crippen molar-refractivity contribution in [2.45, 2.75) is 30.2 Å². The van der Waals surface area contributed by atoms with Gasteiger partial charge in [0.2, 0.25) is 10.0 Å². The summed E-state index contributed by atoms with van der Waals surface area (Å²) in [5.74, 6) is -0.0736. The van der Waals surface area contributed by atoms with Crippen molar-refractivity contribution in [2.24, 2.45) is 11.7 Å². The van der Waals surface area contributed by atoms with Gasteiger partial charge in [0.15, 0.2) is 0 Å². The van der Waals surface area contributed by atoms with Crippen LogP contribution in [0.3, 0.4) is 0 Å². The van der Waals surface area contributed by atoms with Crippen molar-refractivity contribution in [1.82, 2.24) is 4.72 Å². The summed E-state index contributed by atoms with van der Waals surface area (Å²) in [5.41, 5.74) is 5.66. The quantitative estimate of drug-likeness (QED) is 0.766. The highest BCUT2D eigenvalue weighted by Crippen LogP contribution is 2.29. The average Bonchev–Trinajstić information content (AvgIpc) is 2.80. The van der Waals surface area contributed by atoms with Crippen LogP contribution in [0.4, 0.5) is 0 Å². The summed E-state index contributed by atoms with van der Waals surface area (Å²) in [6.07, 6.45) is 2.49. The highest BCUT2D eigenvalue weighted by atomic mass is 79.9. The van der Waals surface area contributed by atoms with Gasteiger partial charge >= 0.3 is 0 Å². The average molecular weight is 398 g/mol. The summed E-state index contributed by atoms with van der Waals surface area (Å²) in [6, 6.07) is 4.27. The summed E-state index contributed by atoms with van der Waals surface area (Å²) in [7, 11) is -3.60. The van der Waals surface area contributed by atoms with E-state index in [1.54, 1.807) is 6.07 Å². The summed E-state index contributed by atoms with van der Waals surface area (Å²) < 4.78 is 28.0. The van der Waals surface area contributed by atoms with Crippen LogP contribution >= 0.6 is 39.7 Å². The molecule has 4 nitrogen and oxygen atoms in total. The standard InChI is InChI=1S/C12H14BrClN2O2S2/c13-9-6-7(4-5-10(9)14)20(17,18)16-11-3-1-2-8(11)12(15)19/h4-6,8,11,16H,1-3H2,(H2,15,19). The van der Waals surface area contributed by atoms with E-state index >= 15 is 0 Å². The predicted octanol–water partition coefficient (Wildman–Crippen LogP) is 2.84. The Bertz CT molecular complexity index is 636. The normalized spacial score (nSPS) is 22.9. The molecule has 0 aliphatic heterocycles. The van der Waals surface area contributed by atoms with Crippen molar-refractivity contribution >= 4 is 54.8 Å². The molecule has 1 aromatic carbocycles. The first-order valence-electron chi connectivity index (χ1n) is 6.08. The lowest BCUT2D eigenvalue weighted by Gasteiger charge is -2.20. The molecule has 0 aromatic heterocycles. The third kappa shape index (κ3) is 3.51. The highest BCUT2D eigenvalue weighted by molar-refractivity contribution is 9.10. The topological polar surface area (TPSA) is 72.2 Å². The van der Waals surface area contributed by atoms with E-state index < -0.39 is 10.0 Å². The van der Waals surface area contributed by atoms with Crippen molar-refractivity contribution in [1.29, 1.82) is 0 Å². The Balaban J connectivity index is 2.22. The van der Waals surface area contributed by atoms with Crippen molar-refractivity contribution in [3.8, 4) is 0 Å². The minimum Gasteiger partial charge on any atom is -0.393 e. The van der Waals surface area contributed by atoms with Gasteiger partial charge in [-0.2, -0.15) is 0 Å². The van der Waals surface area contributed by atoms with Gasteiger partial charge in [0.25, 0.3) is 0 Å². The van der Waals surface area contributed by atoms with Crippen LogP contribution < -0.4 is 10.5 Å². The van der Waals surface area contributed by atoms with Gasteiger partial charge in [-0.1, -0.05) is 30.2 Å². The molecule has 20 heavy (non-hydrogen) atoms. The Labute approximate surface area is 137 Å². The van der Waals surface area contributed by atoms with Crippen LogP contribution in [0.15, 0.2) is 27.6 Å². The zero-order valence-electron chi connectivity index (χ0n) is 10.5. The first kappa shape index (κ1) is 16.2. The Kier molecular flexibility index (Phi) is 5.07. The first-order chi connectivity index (χ1) is 9.31. The molecule has 1 aliphatic rings. The Morgan fingerprint density at radius 3 is 2.75 bits per heavy atom. The number of nitrogens with two attached hydrogens (primary N) is 1. The van der Waals surface area contributed by atoms with Crippen molar-refractivity contribution in [3.05, 3.63) is 27.7 Å². The number of halogens is 2. The van der Waals surface area contributed by atoms with Crippen LogP contribution in [0, 0.1) is 5.92 Å². The summed E-state index contributed by atoms with van der Waals surface area (Å²) in [4.78, 5) is 0.537. The van der Waals surface area contributed by atoms with Gasteiger partial charge in [0.1, 0.15) is 0 Å². The SMILES string of the molecule is NC(=S)C1CCCC1NS(=O)(=O)c1ccc(Cl)c(Br)c1. The van der Waals surface area contributed by atoms with Crippen LogP contribution in [-0.4, -0.2) is 19.4 Å². The molecule has 1 aromatic rings. The van der Waals surface area contributed by atoms with E-state index in [9.17, 15) is 8.42 Å².